The molecule has 4 nitrogen and oxygen atoms in total. The van der Waals surface area contributed by atoms with Gasteiger partial charge in [-0.2, -0.15) is 0 Å². The Labute approximate surface area is 101 Å². The minimum atomic E-state index is -0.892. The molecule has 0 unspecified atom stereocenters. The monoisotopic (exact) mass is 238 g/mol. The first-order valence-corrected chi connectivity index (χ1v) is 5.84. The van der Waals surface area contributed by atoms with Gasteiger partial charge in [-0.25, -0.2) is 0 Å². The highest BCUT2D eigenvalue weighted by Crippen LogP contribution is 2.22. The highest BCUT2D eigenvalue weighted by Gasteiger charge is 2.35. The van der Waals surface area contributed by atoms with Gasteiger partial charge in [-0.15, -0.1) is 0 Å². The summed E-state index contributed by atoms with van der Waals surface area (Å²) < 4.78 is 10.9. The molecule has 0 radical (unpaired) electrons. The van der Waals surface area contributed by atoms with Gasteiger partial charge in [0.05, 0.1) is 18.8 Å². The van der Waals surface area contributed by atoms with Crippen LogP contribution < -0.4 is 0 Å². The zero-order valence-corrected chi connectivity index (χ0v) is 9.82. The number of rotatable bonds is 3. The van der Waals surface area contributed by atoms with Crippen molar-refractivity contribution >= 4 is 0 Å². The number of benzene rings is 1. The Morgan fingerprint density at radius 1 is 1.29 bits per heavy atom. The van der Waals surface area contributed by atoms with Crippen molar-refractivity contribution in [1.82, 2.24) is 0 Å². The van der Waals surface area contributed by atoms with E-state index in [2.05, 4.69) is 0 Å². The van der Waals surface area contributed by atoms with Crippen LogP contribution in [0.2, 0.25) is 0 Å². The number of aliphatic hydroxyl groups excluding tert-OH is 2. The Morgan fingerprint density at radius 3 is 2.65 bits per heavy atom. The van der Waals surface area contributed by atoms with Crippen LogP contribution in [0.4, 0.5) is 0 Å². The molecule has 1 aromatic carbocycles. The van der Waals surface area contributed by atoms with Crippen molar-refractivity contribution in [3.8, 4) is 0 Å². The van der Waals surface area contributed by atoms with Crippen molar-refractivity contribution in [1.29, 1.82) is 0 Å². The normalized spacial score (nSPS) is 33.6. The summed E-state index contributed by atoms with van der Waals surface area (Å²) in [5, 5.41) is 19.1. The molecular weight excluding hydrogens is 220 g/mol. The molecule has 0 spiro atoms. The Balaban J connectivity index is 1.90. The van der Waals surface area contributed by atoms with Gasteiger partial charge in [0.25, 0.3) is 0 Å². The van der Waals surface area contributed by atoms with Crippen LogP contribution in [-0.2, 0) is 16.1 Å². The minimum absolute atomic E-state index is 0.198. The second-order valence-electron chi connectivity index (χ2n) is 4.36. The Bertz CT molecular complexity index is 329. The van der Waals surface area contributed by atoms with Gasteiger partial charge in [-0.1, -0.05) is 30.3 Å². The lowest BCUT2D eigenvalue weighted by molar-refractivity contribution is -0.240. The Kier molecular flexibility index (Phi) is 4.12. The van der Waals surface area contributed by atoms with Gasteiger partial charge in [0.2, 0.25) is 0 Å². The lowest BCUT2D eigenvalue weighted by Gasteiger charge is -2.35. The van der Waals surface area contributed by atoms with E-state index in [-0.39, 0.29) is 12.5 Å². The van der Waals surface area contributed by atoms with Crippen molar-refractivity contribution in [2.45, 2.75) is 44.6 Å². The molecule has 0 bridgehead atoms. The van der Waals surface area contributed by atoms with Crippen molar-refractivity contribution in [2.24, 2.45) is 0 Å². The molecule has 4 atom stereocenters. The Morgan fingerprint density at radius 2 is 2.00 bits per heavy atom. The molecule has 2 N–H and O–H groups in total. The lowest BCUT2D eigenvalue weighted by atomic mass is 10.0. The molecule has 17 heavy (non-hydrogen) atoms. The van der Waals surface area contributed by atoms with E-state index in [0.717, 1.165) is 5.56 Å². The quantitative estimate of drug-likeness (QED) is 0.826. The second-order valence-corrected chi connectivity index (χ2v) is 4.36. The van der Waals surface area contributed by atoms with E-state index >= 15 is 0 Å². The third-order valence-electron chi connectivity index (χ3n) is 2.94. The molecular formula is C13H18O4. The van der Waals surface area contributed by atoms with Gasteiger partial charge in [-0.05, 0) is 12.5 Å². The zero-order chi connectivity index (χ0) is 12.3. The van der Waals surface area contributed by atoms with E-state index in [1.807, 2.05) is 30.3 Å². The zero-order valence-electron chi connectivity index (χ0n) is 9.82. The standard InChI is InChI=1S/C13H18O4/c1-9-13(11(14)7-12(15)17-9)16-8-10-5-3-2-4-6-10/h2-6,9,11-15H,7-8H2,1H3/t9-,11-,12-,13+/m0/s1. The van der Waals surface area contributed by atoms with Crippen LogP contribution in [0.25, 0.3) is 0 Å². The van der Waals surface area contributed by atoms with Gasteiger partial charge >= 0.3 is 0 Å². The summed E-state index contributed by atoms with van der Waals surface area (Å²) in [6, 6.07) is 9.77. The van der Waals surface area contributed by atoms with E-state index in [9.17, 15) is 10.2 Å². The van der Waals surface area contributed by atoms with Crippen LogP contribution in [0.1, 0.15) is 18.9 Å². The summed E-state index contributed by atoms with van der Waals surface area (Å²) in [4.78, 5) is 0. The van der Waals surface area contributed by atoms with Crippen LogP contribution in [0.3, 0.4) is 0 Å². The molecule has 1 saturated heterocycles. The maximum absolute atomic E-state index is 9.82. The summed E-state index contributed by atoms with van der Waals surface area (Å²) in [5.74, 6) is 0. The summed E-state index contributed by atoms with van der Waals surface area (Å²) in [5.41, 5.74) is 1.05. The molecule has 1 fully saturated rings. The Hall–Kier alpha value is -0.940. The van der Waals surface area contributed by atoms with Crippen LogP contribution in [0, 0.1) is 0 Å². The molecule has 0 aromatic heterocycles. The maximum atomic E-state index is 9.82. The molecule has 1 aliphatic rings. The summed E-state index contributed by atoms with van der Waals surface area (Å²) in [6.45, 7) is 2.23. The first-order chi connectivity index (χ1) is 8.16. The van der Waals surface area contributed by atoms with Crippen molar-refractivity contribution in [2.75, 3.05) is 0 Å². The fourth-order valence-corrected chi connectivity index (χ4v) is 2.05. The molecule has 1 heterocycles. The van der Waals surface area contributed by atoms with Crippen LogP contribution in [0.15, 0.2) is 30.3 Å². The smallest absolute Gasteiger partial charge is 0.157 e. The van der Waals surface area contributed by atoms with E-state index in [1.54, 1.807) is 6.92 Å². The van der Waals surface area contributed by atoms with Crippen molar-refractivity contribution in [3.05, 3.63) is 35.9 Å². The summed E-state index contributed by atoms with van der Waals surface area (Å²) in [7, 11) is 0. The molecule has 1 aliphatic heterocycles. The first-order valence-electron chi connectivity index (χ1n) is 5.84. The maximum Gasteiger partial charge on any atom is 0.157 e. The van der Waals surface area contributed by atoms with Gasteiger partial charge in [-0.3, -0.25) is 0 Å². The van der Waals surface area contributed by atoms with Gasteiger partial charge in [0, 0.05) is 6.42 Å². The molecule has 1 aromatic rings. The number of aliphatic hydroxyl groups is 2. The molecule has 0 amide bonds. The largest absolute Gasteiger partial charge is 0.390 e. The van der Waals surface area contributed by atoms with E-state index < -0.39 is 18.5 Å². The third-order valence-corrected chi connectivity index (χ3v) is 2.94. The van der Waals surface area contributed by atoms with Gasteiger partial charge < -0.3 is 19.7 Å². The number of hydrogen-bond acceptors (Lipinski definition) is 4. The van der Waals surface area contributed by atoms with E-state index in [4.69, 9.17) is 9.47 Å². The topological polar surface area (TPSA) is 58.9 Å². The highest BCUT2D eigenvalue weighted by atomic mass is 16.6. The molecule has 94 valence electrons. The van der Waals surface area contributed by atoms with Gasteiger partial charge in [0.15, 0.2) is 6.29 Å². The minimum Gasteiger partial charge on any atom is -0.390 e. The van der Waals surface area contributed by atoms with Crippen LogP contribution >= 0.6 is 0 Å². The lowest BCUT2D eigenvalue weighted by Crippen LogP contribution is -2.48. The first kappa shape index (κ1) is 12.5. The fraction of sp³-hybridized carbons (Fsp3) is 0.538. The average molecular weight is 238 g/mol. The van der Waals surface area contributed by atoms with E-state index in [0.29, 0.717) is 6.61 Å². The number of hydrogen-bond donors (Lipinski definition) is 2. The molecule has 2 rings (SSSR count). The van der Waals surface area contributed by atoms with Crippen molar-refractivity contribution in [3.63, 3.8) is 0 Å². The van der Waals surface area contributed by atoms with Crippen LogP contribution in [0.5, 0.6) is 0 Å². The van der Waals surface area contributed by atoms with E-state index in [1.165, 1.54) is 0 Å². The molecule has 0 saturated carbocycles. The molecule has 4 heteroatoms. The van der Waals surface area contributed by atoms with Crippen molar-refractivity contribution < 1.29 is 19.7 Å². The average Bonchev–Trinajstić information content (AvgIpc) is 2.29. The SMILES string of the molecule is C[C@@H]1O[C@H](O)C[C@H](O)[C@@H]1OCc1ccccc1. The van der Waals surface area contributed by atoms with Gasteiger partial charge in [0.1, 0.15) is 6.10 Å². The molecule has 0 aliphatic carbocycles. The second kappa shape index (κ2) is 5.60. The highest BCUT2D eigenvalue weighted by molar-refractivity contribution is 5.13. The summed E-state index contributed by atoms with van der Waals surface area (Å²) >= 11 is 0. The number of ether oxygens (including phenoxy) is 2. The predicted molar refractivity (Wildman–Crippen MR) is 62.2 cm³/mol. The third kappa shape index (κ3) is 3.26. The predicted octanol–water partition coefficient (Wildman–Crippen LogP) is 1.06. The van der Waals surface area contributed by atoms with Crippen LogP contribution in [-0.4, -0.2) is 34.8 Å². The fourth-order valence-electron chi connectivity index (χ4n) is 2.05. The summed E-state index contributed by atoms with van der Waals surface area (Å²) in [6.07, 6.45) is -2.07.